The maximum atomic E-state index is 6.26. The highest BCUT2D eigenvalue weighted by Gasteiger charge is 2.22. The largest absolute Gasteiger partial charge is 0.456 e. The molecule has 8 aromatic carbocycles. The SMILES string of the molecule is c1ccc(-n2c3ccccc3c3c(N(c4ccc5cc6oc7ccccc7c6cc5c4)c4ccc5sc6ccccc6c5c4)cccc32)cc1. The van der Waals surface area contributed by atoms with Crippen LogP contribution in [0.25, 0.3) is 80.4 Å². The van der Waals surface area contributed by atoms with E-state index in [1.165, 1.54) is 47.4 Å². The molecule has 0 fully saturated rings. The molecule has 0 bridgehead atoms. The highest BCUT2D eigenvalue weighted by atomic mass is 32.1. The number of nitrogens with zero attached hydrogens (tertiary/aromatic N) is 2. The number of aromatic nitrogens is 1. The molecule has 3 heterocycles. The van der Waals surface area contributed by atoms with Crippen LogP contribution in [0.4, 0.5) is 17.1 Å². The first-order chi connectivity index (χ1) is 24.8. The minimum absolute atomic E-state index is 0.914. The molecule has 0 atom stereocenters. The number of fused-ring (bicyclic) bond motifs is 10. The molecule has 0 spiro atoms. The standard InChI is InChI=1S/C46H28N2OS/c1-2-11-31(12-3-1)48-39-16-7-4-15-36(39)46-40(17-10-18-41(46)48)47(33-23-24-45-38(28-33)35-14-6-9-20-44(35)50-45)32-22-21-29-27-43-37(26-30(29)25-32)34-13-5-8-19-42(34)49-43/h1-28H. The van der Waals surface area contributed by atoms with E-state index in [-0.39, 0.29) is 0 Å². The van der Waals surface area contributed by atoms with E-state index in [1.54, 1.807) is 0 Å². The molecule has 0 aliphatic rings. The van der Waals surface area contributed by atoms with Gasteiger partial charge in [-0.15, -0.1) is 11.3 Å². The molecule has 0 N–H and O–H groups in total. The Hall–Kier alpha value is -6.36. The van der Waals surface area contributed by atoms with Gasteiger partial charge in [-0.25, -0.2) is 0 Å². The molecule has 0 saturated carbocycles. The number of furan rings is 1. The van der Waals surface area contributed by atoms with Gasteiger partial charge in [0.1, 0.15) is 11.2 Å². The van der Waals surface area contributed by atoms with Gasteiger partial charge < -0.3 is 13.9 Å². The fourth-order valence-electron chi connectivity index (χ4n) is 7.92. The van der Waals surface area contributed by atoms with Crippen molar-refractivity contribution < 1.29 is 4.42 Å². The van der Waals surface area contributed by atoms with Crippen molar-refractivity contribution in [1.29, 1.82) is 0 Å². The molecule has 3 nitrogen and oxygen atoms in total. The summed E-state index contributed by atoms with van der Waals surface area (Å²) in [4.78, 5) is 2.45. The number of anilines is 3. The van der Waals surface area contributed by atoms with Crippen LogP contribution in [0.15, 0.2) is 174 Å². The monoisotopic (exact) mass is 656 g/mol. The maximum Gasteiger partial charge on any atom is 0.136 e. The van der Waals surface area contributed by atoms with Crippen LogP contribution in [0.1, 0.15) is 0 Å². The van der Waals surface area contributed by atoms with E-state index in [9.17, 15) is 0 Å². The van der Waals surface area contributed by atoms with Gasteiger partial charge in [0.2, 0.25) is 0 Å². The third kappa shape index (κ3) is 4.03. The van der Waals surface area contributed by atoms with E-state index >= 15 is 0 Å². The quantitative estimate of drug-likeness (QED) is 0.188. The lowest BCUT2D eigenvalue weighted by Crippen LogP contribution is -2.10. The molecule has 0 aliphatic carbocycles. The zero-order valence-electron chi connectivity index (χ0n) is 26.9. The molecule has 0 saturated heterocycles. The fraction of sp³-hybridized carbons (Fsp3) is 0. The molecule has 11 rings (SSSR count). The summed E-state index contributed by atoms with van der Waals surface area (Å²) in [5.41, 5.74) is 8.71. The lowest BCUT2D eigenvalue weighted by molar-refractivity contribution is 0.669. The van der Waals surface area contributed by atoms with Gasteiger partial charge in [0.05, 0.1) is 16.7 Å². The van der Waals surface area contributed by atoms with E-state index in [0.29, 0.717) is 0 Å². The van der Waals surface area contributed by atoms with Crippen molar-refractivity contribution in [1.82, 2.24) is 4.57 Å². The number of thiophene rings is 1. The molecule has 3 aromatic heterocycles. The van der Waals surface area contributed by atoms with E-state index in [2.05, 4.69) is 167 Å². The van der Waals surface area contributed by atoms with Crippen LogP contribution in [0, 0.1) is 0 Å². The number of rotatable bonds is 4. The van der Waals surface area contributed by atoms with Gasteiger partial charge in [0.25, 0.3) is 0 Å². The van der Waals surface area contributed by atoms with Crippen LogP contribution < -0.4 is 4.90 Å². The van der Waals surface area contributed by atoms with Crippen LogP contribution in [0.5, 0.6) is 0 Å². The second-order valence-corrected chi connectivity index (χ2v) is 14.0. The Labute approximate surface area is 291 Å². The van der Waals surface area contributed by atoms with E-state index in [0.717, 1.165) is 50.1 Å². The number of benzene rings is 8. The average molecular weight is 657 g/mol. The van der Waals surface area contributed by atoms with Crippen molar-refractivity contribution in [3.63, 3.8) is 0 Å². The summed E-state index contributed by atoms with van der Waals surface area (Å²) in [5, 5.41) is 9.61. The van der Waals surface area contributed by atoms with Crippen molar-refractivity contribution >= 4 is 103 Å². The lowest BCUT2D eigenvalue weighted by Gasteiger charge is -2.27. The van der Waals surface area contributed by atoms with Gasteiger partial charge in [-0.2, -0.15) is 0 Å². The summed E-state index contributed by atoms with van der Waals surface area (Å²) in [6.07, 6.45) is 0. The van der Waals surface area contributed by atoms with Crippen LogP contribution in [-0.4, -0.2) is 4.57 Å². The third-order valence-electron chi connectivity index (χ3n) is 10.1. The summed E-state index contributed by atoms with van der Waals surface area (Å²) < 4.78 is 11.3. The van der Waals surface area contributed by atoms with Crippen LogP contribution >= 0.6 is 11.3 Å². The molecule has 11 aromatic rings. The van der Waals surface area contributed by atoms with E-state index in [1.807, 2.05) is 23.5 Å². The average Bonchev–Trinajstić information content (AvgIpc) is 3.84. The molecule has 0 aliphatic heterocycles. The minimum atomic E-state index is 0.914. The lowest BCUT2D eigenvalue weighted by atomic mass is 10.0. The molecule has 4 heteroatoms. The van der Waals surface area contributed by atoms with E-state index in [4.69, 9.17) is 4.42 Å². The highest BCUT2D eigenvalue weighted by Crippen LogP contribution is 2.46. The molecular formula is C46H28N2OS. The molecule has 0 radical (unpaired) electrons. The van der Waals surface area contributed by atoms with Crippen LogP contribution in [0.3, 0.4) is 0 Å². The predicted octanol–water partition coefficient (Wildman–Crippen LogP) is 13.7. The zero-order valence-corrected chi connectivity index (χ0v) is 27.7. The van der Waals surface area contributed by atoms with Gasteiger partial charge in [-0.1, -0.05) is 84.9 Å². The third-order valence-corrected chi connectivity index (χ3v) is 11.3. The first kappa shape index (κ1) is 27.6. The van der Waals surface area contributed by atoms with E-state index < -0.39 is 0 Å². The Kier molecular flexibility index (Phi) is 5.83. The van der Waals surface area contributed by atoms with Crippen LogP contribution in [0.2, 0.25) is 0 Å². The Balaban J connectivity index is 1.22. The van der Waals surface area contributed by atoms with Gasteiger partial charge in [0.15, 0.2) is 0 Å². The number of hydrogen-bond donors (Lipinski definition) is 0. The van der Waals surface area contributed by atoms with Gasteiger partial charge in [-0.3, -0.25) is 0 Å². The Morgan fingerprint density at radius 3 is 2.08 bits per heavy atom. The van der Waals surface area contributed by atoms with Crippen molar-refractivity contribution in [3.05, 3.63) is 170 Å². The second-order valence-electron chi connectivity index (χ2n) is 13.0. The fourth-order valence-corrected chi connectivity index (χ4v) is 9.00. The molecule has 0 unspecified atom stereocenters. The second kappa shape index (κ2) is 10.6. The van der Waals surface area contributed by atoms with Gasteiger partial charge in [0, 0.05) is 58.8 Å². The summed E-state index contributed by atoms with van der Waals surface area (Å²) in [5.74, 6) is 0. The Bertz CT molecular complexity index is 3110. The maximum absolute atomic E-state index is 6.26. The normalized spacial score (nSPS) is 12.0. The zero-order chi connectivity index (χ0) is 32.8. The minimum Gasteiger partial charge on any atom is -0.456 e. The molecule has 0 amide bonds. The summed E-state index contributed by atoms with van der Waals surface area (Å²) in [6, 6.07) is 61.5. The summed E-state index contributed by atoms with van der Waals surface area (Å²) in [6.45, 7) is 0. The highest BCUT2D eigenvalue weighted by molar-refractivity contribution is 7.25. The Morgan fingerprint density at radius 1 is 0.440 bits per heavy atom. The van der Waals surface area contributed by atoms with Crippen molar-refractivity contribution in [2.45, 2.75) is 0 Å². The van der Waals surface area contributed by atoms with Crippen molar-refractivity contribution in [3.8, 4) is 5.69 Å². The van der Waals surface area contributed by atoms with Crippen molar-refractivity contribution in [2.75, 3.05) is 4.90 Å². The topological polar surface area (TPSA) is 21.3 Å². The van der Waals surface area contributed by atoms with Crippen LogP contribution in [-0.2, 0) is 0 Å². The smallest absolute Gasteiger partial charge is 0.136 e. The Morgan fingerprint density at radius 2 is 1.16 bits per heavy atom. The summed E-state index contributed by atoms with van der Waals surface area (Å²) in [7, 11) is 0. The van der Waals surface area contributed by atoms with Crippen molar-refractivity contribution in [2.24, 2.45) is 0 Å². The first-order valence-corrected chi connectivity index (χ1v) is 17.7. The summed E-state index contributed by atoms with van der Waals surface area (Å²) >= 11 is 1.85. The van der Waals surface area contributed by atoms with Gasteiger partial charge in [-0.05, 0) is 95.7 Å². The number of hydrogen-bond acceptors (Lipinski definition) is 3. The molecule has 234 valence electrons. The molecular weight excluding hydrogens is 629 g/mol. The van der Waals surface area contributed by atoms with Gasteiger partial charge >= 0.3 is 0 Å². The first-order valence-electron chi connectivity index (χ1n) is 16.9. The predicted molar refractivity (Wildman–Crippen MR) is 213 cm³/mol. The number of para-hydroxylation sites is 3. The molecule has 50 heavy (non-hydrogen) atoms.